The Morgan fingerprint density at radius 1 is 1.38 bits per heavy atom. The molecule has 0 aliphatic carbocycles. The van der Waals surface area contributed by atoms with Gasteiger partial charge in [0, 0.05) is 17.4 Å². The molecule has 1 N–H and O–H groups in total. The van der Waals surface area contributed by atoms with Crippen molar-refractivity contribution in [3.63, 3.8) is 0 Å². The molecule has 1 aromatic carbocycles. The van der Waals surface area contributed by atoms with Gasteiger partial charge in [0.15, 0.2) is 0 Å². The number of halogens is 1. The van der Waals surface area contributed by atoms with Crippen LogP contribution >= 0.6 is 11.6 Å². The average Bonchev–Trinajstić information content (AvgIpc) is 3.04. The molecule has 0 atom stereocenters. The molecule has 3 aromatic rings. The molecule has 26 heavy (non-hydrogen) atoms. The van der Waals surface area contributed by atoms with E-state index in [1.165, 1.54) is 29.0 Å². The Kier molecular flexibility index (Phi) is 4.79. The van der Waals surface area contributed by atoms with Crippen molar-refractivity contribution in [1.82, 2.24) is 19.6 Å². The first-order chi connectivity index (χ1) is 12.3. The highest BCUT2D eigenvalue weighted by Gasteiger charge is 2.26. The van der Waals surface area contributed by atoms with Gasteiger partial charge in [-0.3, -0.25) is 4.72 Å². The third-order valence-electron chi connectivity index (χ3n) is 3.47. The highest BCUT2D eigenvalue weighted by Crippen LogP contribution is 2.30. The van der Waals surface area contributed by atoms with Crippen LogP contribution in [0.4, 0.5) is 5.69 Å². The number of esters is 1. The minimum atomic E-state index is -4.18. The molecule has 0 bridgehead atoms. The Bertz CT molecular complexity index is 1060. The molecule has 2 heterocycles. The fourth-order valence-corrected chi connectivity index (χ4v) is 3.38. The second-order valence-electron chi connectivity index (χ2n) is 5.18. The van der Waals surface area contributed by atoms with Gasteiger partial charge in [-0.15, -0.1) is 5.10 Å². The van der Waals surface area contributed by atoms with Crippen molar-refractivity contribution >= 4 is 39.1 Å². The second kappa shape index (κ2) is 6.89. The van der Waals surface area contributed by atoms with E-state index in [9.17, 15) is 13.2 Å². The lowest BCUT2D eigenvalue weighted by molar-refractivity contribution is 0.0527. The van der Waals surface area contributed by atoms with Gasteiger partial charge in [-0.25, -0.2) is 14.3 Å². The van der Waals surface area contributed by atoms with Gasteiger partial charge in [0.1, 0.15) is 0 Å². The molecular formula is C15H14ClN5O4S. The van der Waals surface area contributed by atoms with Crippen molar-refractivity contribution in [2.45, 2.75) is 19.0 Å². The summed E-state index contributed by atoms with van der Waals surface area (Å²) in [7, 11) is -4.18. The minimum Gasteiger partial charge on any atom is -0.462 e. The molecule has 0 spiro atoms. The zero-order valence-electron chi connectivity index (χ0n) is 13.8. The third-order valence-corrected chi connectivity index (χ3v) is 5.00. The molecule has 0 radical (unpaired) electrons. The fourth-order valence-electron chi connectivity index (χ4n) is 2.20. The first-order valence-corrected chi connectivity index (χ1v) is 9.36. The van der Waals surface area contributed by atoms with Crippen LogP contribution in [0.15, 0.2) is 35.7 Å². The maximum Gasteiger partial charge on any atom is 0.340 e. The zero-order chi connectivity index (χ0) is 18.9. The Labute approximate surface area is 154 Å². The van der Waals surface area contributed by atoms with E-state index in [0.29, 0.717) is 10.6 Å². The molecule has 0 unspecified atom stereocenters. The van der Waals surface area contributed by atoms with Crippen molar-refractivity contribution in [2.75, 3.05) is 11.3 Å². The maximum absolute atomic E-state index is 12.7. The average molecular weight is 396 g/mol. The molecule has 0 saturated carbocycles. The number of sulfonamides is 1. The second-order valence-corrected chi connectivity index (χ2v) is 7.16. The van der Waals surface area contributed by atoms with Crippen molar-refractivity contribution in [3.8, 4) is 0 Å². The van der Waals surface area contributed by atoms with Crippen molar-refractivity contribution < 1.29 is 17.9 Å². The number of nitrogens with one attached hydrogen (secondary N) is 1. The van der Waals surface area contributed by atoms with E-state index in [2.05, 4.69) is 19.8 Å². The molecule has 0 fully saturated rings. The number of ether oxygens (including phenoxy) is 1. The fraction of sp³-hybridized carbons (Fsp3) is 0.200. The van der Waals surface area contributed by atoms with Crippen LogP contribution in [0.1, 0.15) is 22.8 Å². The molecular weight excluding hydrogens is 382 g/mol. The number of benzene rings is 1. The number of hydrogen-bond acceptors (Lipinski definition) is 7. The van der Waals surface area contributed by atoms with E-state index in [1.54, 1.807) is 19.9 Å². The molecule has 136 valence electrons. The van der Waals surface area contributed by atoms with Crippen LogP contribution in [0.25, 0.3) is 5.78 Å². The van der Waals surface area contributed by atoms with Gasteiger partial charge in [-0.05, 0) is 37.6 Å². The summed E-state index contributed by atoms with van der Waals surface area (Å²) >= 11 is 6.07. The van der Waals surface area contributed by atoms with Gasteiger partial charge in [-0.2, -0.15) is 13.4 Å². The Morgan fingerprint density at radius 2 is 2.15 bits per heavy atom. The summed E-state index contributed by atoms with van der Waals surface area (Å²) < 4.78 is 33.9. The molecule has 0 saturated heterocycles. The summed E-state index contributed by atoms with van der Waals surface area (Å²) in [5.74, 6) is -0.545. The summed E-state index contributed by atoms with van der Waals surface area (Å²) in [6.07, 6.45) is 2.98. The molecule has 0 aliphatic heterocycles. The molecule has 11 heteroatoms. The topological polar surface area (TPSA) is 116 Å². The van der Waals surface area contributed by atoms with Crippen molar-refractivity contribution in [2.24, 2.45) is 0 Å². The van der Waals surface area contributed by atoms with Crippen LogP contribution < -0.4 is 4.72 Å². The van der Waals surface area contributed by atoms with Gasteiger partial charge in [0.05, 0.1) is 17.9 Å². The number of hydrogen-bond donors (Lipinski definition) is 1. The number of carbonyl (C=O) groups is 1. The first-order valence-electron chi connectivity index (χ1n) is 7.50. The lowest BCUT2D eigenvalue weighted by Gasteiger charge is -2.14. The van der Waals surface area contributed by atoms with Gasteiger partial charge < -0.3 is 4.74 Å². The van der Waals surface area contributed by atoms with Gasteiger partial charge in [-0.1, -0.05) is 11.6 Å². The smallest absolute Gasteiger partial charge is 0.340 e. The van der Waals surface area contributed by atoms with E-state index in [-0.39, 0.29) is 23.6 Å². The lowest BCUT2D eigenvalue weighted by atomic mass is 10.1. The largest absolute Gasteiger partial charge is 0.462 e. The monoisotopic (exact) mass is 395 g/mol. The molecule has 0 amide bonds. The van der Waals surface area contributed by atoms with Crippen LogP contribution in [-0.2, 0) is 14.8 Å². The van der Waals surface area contributed by atoms with E-state index in [1.807, 2.05) is 0 Å². The van der Waals surface area contributed by atoms with Crippen molar-refractivity contribution in [3.05, 3.63) is 46.7 Å². The van der Waals surface area contributed by atoms with Gasteiger partial charge in [0.25, 0.3) is 21.0 Å². The standard InChI is InChI=1S/C15H14ClN5O4S/c1-3-25-13(22)10-5-6-11(16)9(2)12(10)20-26(23,24)15-18-14-17-7-4-8-21(14)19-15/h4-8,20H,3H2,1-2H3. The Morgan fingerprint density at radius 3 is 2.85 bits per heavy atom. The summed E-state index contributed by atoms with van der Waals surface area (Å²) in [5.41, 5.74) is 0.435. The number of nitrogens with zero attached hydrogens (tertiary/aromatic N) is 4. The van der Waals surface area contributed by atoms with Crippen LogP contribution in [0.3, 0.4) is 0 Å². The zero-order valence-corrected chi connectivity index (χ0v) is 15.4. The number of fused-ring (bicyclic) bond motifs is 1. The number of aromatic nitrogens is 4. The summed E-state index contributed by atoms with van der Waals surface area (Å²) in [6.45, 7) is 3.38. The van der Waals surface area contributed by atoms with Crippen molar-refractivity contribution in [1.29, 1.82) is 0 Å². The molecule has 9 nitrogen and oxygen atoms in total. The molecule has 2 aromatic heterocycles. The van der Waals surface area contributed by atoms with E-state index >= 15 is 0 Å². The SMILES string of the molecule is CCOC(=O)c1ccc(Cl)c(C)c1NS(=O)(=O)c1nc2ncccn2n1. The Hall–Kier alpha value is -2.72. The van der Waals surface area contributed by atoms with Gasteiger partial charge >= 0.3 is 5.97 Å². The predicted molar refractivity (Wildman–Crippen MR) is 93.7 cm³/mol. The summed E-state index contributed by atoms with van der Waals surface area (Å²) in [4.78, 5) is 20.0. The van der Waals surface area contributed by atoms with E-state index in [0.717, 1.165) is 0 Å². The quantitative estimate of drug-likeness (QED) is 0.657. The highest BCUT2D eigenvalue weighted by atomic mass is 35.5. The molecule has 0 aliphatic rings. The molecule has 3 rings (SSSR count). The third kappa shape index (κ3) is 3.33. The maximum atomic E-state index is 12.7. The summed E-state index contributed by atoms with van der Waals surface area (Å²) in [6, 6.07) is 4.48. The van der Waals surface area contributed by atoms with Crippen LogP contribution in [0.2, 0.25) is 5.02 Å². The number of rotatable bonds is 5. The normalized spacial score (nSPS) is 11.5. The van der Waals surface area contributed by atoms with Crippen LogP contribution in [0, 0.1) is 6.92 Å². The summed E-state index contributed by atoms with van der Waals surface area (Å²) in [5, 5.41) is 3.70. The van der Waals surface area contributed by atoms with E-state index in [4.69, 9.17) is 16.3 Å². The lowest BCUT2D eigenvalue weighted by Crippen LogP contribution is -2.19. The number of carbonyl (C=O) groups excluding carboxylic acids is 1. The van der Waals surface area contributed by atoms with Crippen LogP contribution in [0.5, 0.6) is 0 Å². The Balaban J connectivity index is 2.06. The minimum absolute atomic E-state index is 0.0164. The highest BCUT2D eigenvalue weighted by molar-refractivity contribution is 7.92. The van der Waals surface area contributed by atoms with Gasteiger partial charge in [0.2, 0.25) is 0 Å². The first kappa shape index (κ1) is 18.1. The predicted octanol–water partition coefficient (Wildman–Crippen LogP) is 2.06. The van der Waals surface area contributed by atoms with Crippen LogP contribution in [-0.4, -0.2) is 40.6 Å². The number of anilines is 1. The van der Waals surface area contributed by atoms with E-state index < -0.39 is 21.1 Å².